The molecule has 1 fully saturated rings. The van der Waals surface area contributed by atoms with Gasteiger partial charge in [-0.1, -0.05) is 11.6 Å². The molecular formula is C17H17ClF3N3O2. The van der Waals surface area contributed by atoms with Gasteiger partial charge in [-0.05, 0) is 32.0 Å². The van der Waals surface area contributed by atoms with Gasteiger partial charge in [0.05, 0.1) is 22.8 Å². The van der Waals surface area contributed by atoms with E-state index in [2.05, 4.69) is 5.32 Å². The number of anilines is 1. The van der Waals surface area contributed by atoms with Gasteiger partial charge in [0.25, 0.3) is 5.91 Å². The second-order valence-electron chi connectivity index (χ2n) is 5.97. The third-order valence-electron chi connectivity index (χ3n) is 3.71. The molecule has 0 radical (unpaired) electrons. The molecule has 1 aromatic rings. The molecule has 2 rings (SSSR count). The van der Waals surface area contributed by atoms with E-state index in [-0.39, 0.29) is 23.5 Å². The van der Waals surface area contributed by atoms with Crippen LogP contribution in [0.15, 0.2) is 30.0 Å². The molecule has 2 atom stereocenters. The monoisotopic (exact) mass is 387 g/mol. The van der Waals surface area contributed by atoms with Crippen LogP contribution in [0.2, 0.25) is 5.02 Å². The minimum absolute atomic E-state index is 0.0611. The summed E-state index contributed by atoms with van der Waals surface area (Å²) in [4.78, 5) is 13.9. The number of nitrogens with one attached hydrogen (secondary N) is 1. The molecule has 0 aromatic heterocycles. The maximum Gasteiger partial charge on any atom is 0.417 e. The van der Waals surface area contributed by atoms with E-state index in [0.29, 0.717) is 13.1 Å². The van der Waals surface area contributed by atoms with E-state index in [9.17, 15) is 23.2 Å². The van der Waals surface area contributed by atoms with Crippen molar-refractivity contribution in [2.24, 2.45) is 0 Å². The Kier molecular flexibility index (Phi) is 6.16. The van der Waals surface area contributed by atoms with Crippen LogP contribution in [0.25, 0.3) is 0 Å². The number of benzene rings is 1. The summed E-state index contributed by atoms with van der Waals surface area (Å²) in [5, 5.41) is 11.4. The van der Waals surface area contributed by atoms with Gasteiger partial charge in [-0.15, -0.1) is 0 Å². The number of nitriles is 1. The summed E-state index contributed by atoms with van der Waals surface area (Å²) in [6.45, 7) is 4.30. The van der Waals surface area contributed by atoms with Crippen LogP contribution in [0, 0.1) is 11.3 Å². The second-order valence-corrected chi connectivity index (χ2v) is 6.38. The zero-order valence-electron chi connectivity index (χ0n) is 14.1. The van der Waals surface area contributed by atoms with Gasteiger partial charge in [-0.25, -0.2) is 0 Å². The Balaban J connectivity index is 2.17. The minimum atomic E-state index is -4.60. The van der Waals surface area contributed by atoms with Crippen LogP contribution in [0.4, 0.5) is 18.9 Å². The minimum Gasteiger partial charge on any atom is -0.372 e. The van der Waals surface area contributed by atoms with Crippen LogP contribution in [0.3, 0.4) is 0 Å². The van der Waals surface area contributed by atoms with Gasteiger partial charge < -0.3 is 15.0 Å². The first-order chi connectivity index (χ1) is 12.1. The standard InChI is InChI=1S/C17H17ClF3N3O2/c1-10-8-24(9-11(2)26-10)16(25)12(6-22)7-23-13-3-4-15(18)14(5-13)17(19,20)21/h3-5,7,10-11,23H,8-9H2,1-2H3/b12-7-. The average Bonchev–Trinajstić information content (AvgIpc) is 2.54. The fourth-order valence-electron chi connectivity index (χ4n) is 2.64. The fraction of sp³-hybridized carbons (Fsp3) is 0.412. The summed E-state index contributed by atoms with van der Waals surface area (Å²) in [7, 11) is 0. The molecule has 0 saturated carbocycles. The zero-order chi connectivity index (χ0) is 19.5. The Morgan fingerprint density at radius 1 is 1.38 bits per heavy atom. The van der Waals surface area contributed by atoms with Crippen molar-refractivity contribution >= 4 is 23.2 Å². The molecule has 1 amide bonds. The van der Waals surface area contributed by atoms with Crippen LogP contribution >= 0.6 is 11.6 Å². The molecule has 1 heterocycles. The number of hydrogen-bond acceptors (Lipinski definition) is 4. The molecule has 0 spiro atoms. The summed E-state index contributed by atoms with van der Waals surface area (Å²) in [5.74, 6) is -0.507. The van der Waals surface area contributed by atoms with Crippen LogP contribution in [0.5, 0.6) is 0 Å². The lowest BCUT2D eigenvalue weighted by Gasteiger charge is -2.35. The molecule has 140 valence electrons. The number of amides is 1. The number of hydrogen-bond donors (Lipinski definition) is 1. The lowest BCUT2D eigenvalue weighted by Crippen LogP contribution is -2.48. The Bertz CT molecular complexity index is 749. The Morgan fingerprint density at radius 2 is 2.00 bits per heavy atom. The third kappa shape index (κ3) is 4.90. The molecule has 1 saturated heterocycles. The van der Waals surface area contributed by atoms with Crippen LogP contribution in [-0.2, 0) is 15.7 Å². The molecule has 0 bridgehead atoms. The van der Waals surface area contributed by atoms with Crippen molar-refractivity contribution in [1.82, 2.24) is 4.90 Å². The molecule has 5 nitrogen and oxygen atoms in total. The third-order valence-corrected chi connectivity index (χ3v) is 4.04. The van der Waals surface area contributed by atoms with Gasteiger partial charge in [0, 0.05) is 25.0 Å². The highest BCUT2D eigenvalue weighted by Crippen LogP contribution is 2.36. The van der Waals surface area contributed by atoms with Gasteiger partial charge in [-0.2, -0.15) is 18.4 Å². The van der Waals surface area contributed by atoms with Gasteiger partial charge in [0.2, 0.25) is 0 Å². The summed E-state index contributed by atoms with van der Waals surface area (Å²) in [6, 6.07) is 5.01. The molecule has 1 aromatic carbocycles. The smallest absolute Gasteiger partial charge is 0.372 e. The summed E-state index contributed by atoms with van der Waals surface area (Å²) in [6.07, 6.45) is -3.84. The van der Waals surface area contributed by atoms with Crippen LogP contribution < -0.4 is 5.32 Å². The van der Waals surface area contributed by atoms with E-state index in [1.54, 1.807) is 6.07 Å². The van der Waals surface area contributed by atoms with Crippen molar-refractivity contribution in [3.63, 3.8) is 0 Å². The number of nitrogens with zero attached hydrogens (tertiary/aromatic N) is 2. The number of halogens is 4. The Hall–Kier alpha value is -2.24. The van der Waals surface area contributed by atoms with Gasteiger partial charge >= 0.3 is 6.18 Å². The van der Waals surface area contributed by atoms with Crippen molar-refractivity contribution in [3.05, 3.63) is 40.6 Å². The predicted octanol–water partition coefficient (Wildman–Crippen LogP) is 3.81. The first kappa shape index (κ1) is 20.1. The van der Waals surface area contributed by atoms with Crippen LogP contribution in [0.1, 0.15) is 19.4 Å². The molecule has 1 N–H and O–H groups in total. The maximum atomic E-state index is 12.9. The summed E-state index contributed by atoms with van der Waals surface area (Å²) < 4.78 is 44.2. The number of carbonyl (C=O) groups is 1. The number of morpholine rings is 1. The van der Waals surface area contributed by atoms with Crippen molar-refractivity contribution in [3.8, 4) is 6.07 Å². The second kappa shape index (κ2) is 7.98. The lowest BCUT2D eigenvalue weighted by atomic mass is 10.1. The van der Waals surface area contributed by atoms with Crippen molar-refractivity contribution in [2.45, 2.75) is 32.2 Å². The highest BCUT2D eigenvalue weighted by atomic mass is 35.5. The Labute approximate surface area is 154 Å². The normalized spacial score (nSPS) is 21.3. The molecule has 1 aliphatic rings. The number of ether oxygens (including phenoxy) is 1. The fourth-order valence-corrected chi connectivity index (χ4v) is 2.87. The van der Waals surface area contributed by atoms with Crippen molar-refractivity contribution in [2.75, 3.05) is 18.4 Å². The highest BCUT2D eigenvalue weighted by molar-refractivity contribution is 6.31. The number of alkyl halides is 3. The van der Waals surface area contributed by atoms with Gasteiger partial charge in [0.15, 0.2) is 0 Å². The molecule has 26 heavy (non-hydrogen) atoms. The molecule has 9 heteroatoms. The predicted molar refractivity (Wildman–Crippen MR) is 90.4 cm³/mol. The zero-order valence-corrected chi connectivity index (χ0v) is 14.9. The number of rotatable bonds is 3. The SMILES string of the molecule is CC1CN(C(=O)/C(C#N)=C\Nc2ccc(Cl)c(C(F)(F)F)c2)CC(C)O1. The van der Waals surface area contributed by atoms with E-state index >= 15 is 0 Å². The van der Waals surface area contributed by atoms with Crippen molar-refractivity contribution < 1.29 is 22.7 Å². The van der Waals surface area contributed by atoms with Crippen molar-refractivity contribution in [1.29, 1.82) is 5.26 Å². The van der Waals surface area contributed by atoms with E-state index in [1.807, 2.05) is 13.8 Å². The summed E-state index contributed by atoms with van der Waals surface area (Å²) >= 11 is 5.56. The number of carbonyl (C=O) groups excluding carboxylic acids is 1. The van der Waals surface area contributed by atoms with Gasteiger partial charge in [0.1, 0.15) is 11.6 Å². The molecule has 2 unspecified atom stereocenters. The highest BCUT2D eigenvalue weighted by Gasteiger charge is 2.33. The quantitative estimate of drug-likeness (QED) is 0.632. The maximum absolute atomic E-state index is 12.9. The van der Waals surface area contributed by atoms with E-state index < -0.39 is 22.7 Å². The average molecular weight is 388 g/mol. The van der Waals surface area contributed by atoms with Crippen LogP contribution in [-0.4, -0.2) is 36.1 Å². The molecular weight excluding hydrogens is 371 g/mol. The first-order valence-corrected chi connectivity index (χ1v) is 8.18. The Morgan fingerprint density at radius 3 is 2.54 bits per heavy atom. The first-order valence-electron chi connectivity index (χ1n) is 7.80. The lowest BCUT2D eigenvalue weighted by molar-refractivity contribution is -0.139. The summed E-state index contributed by atoms with van der Waals surface area (Å²) in [5.41, 5.74) is -1.15. The van der Waals surface area contributed by atoms with E-state index in [1.165, 1.54) is 11.0 Å². The largest absolute Gasteiger partial charge is 0.417 e. The molecule has 1 aliphatic heterocycles. The topological polar surface area (TPSA) is 65.4 Å². The molecule has 0 aliphatic carbocycles. The van der Waals surface area contributed by atoms with Gasteiger partial charge in [-0.3, -0.25) is 4.79 Å². The van der Waals surface area contributed by atoms with E-state index in [4.69, 9.17) is 16.3 Å². The van der Waals surface area contributed by atoms with E-state index in [0.717, 1.165) is 18.3 Å².